The van der Waals surface area contributed by atoms with Crippen molar-refractivity contribution in [2.24, 2.45) is 0 Å². The van der Waals surface area contributed by atoms with Gasteiger partial charge in [-0.3, -0.25) is 5.32 Å². The van der Waals surface area contributed by atoms with E-state index < -0.39 is 0 Å². The summed E-state index contributed by atoms with van der Waals surface area (Å²) in [5.41, 5.74) is 1.25. The number of nitrogens with zero attached hydrogens (tertiary/aromatic N) is 1. The standard InChI is InChI=1S/C14H17N3O2S/c1-10-3-5-12(6-4-10)20-8-7-15-14(18)16-13-9-11(2)19-17-13/h3-6,9H,7-8H2,1-2H3,(H2,15,16,17,18). The molecule has 0 unspecified atom stereocenters. The summed E-state index contributed by atoms with van der Waals surface area (Å²) in [6, 6.07) is 9.71. The number of hydrogen-bond acceptors (Lipinski definition) is 4. The maximum atomic E-state index is 11.6. The summed E-state index contributed by atoms with van der Waals surface area (Å²) in [4.78, 5) is 12.8. The molecule has 2 amide bonds. The van der Waals surface area contributed by atoms with Gasteiger partial charge in [-0.1, -0.05) is 22.9 Å². The van der Waals surface area contributed by atoms with Crippen LogP contribution >= 0.6 is 11.8 Å². The molecule has 0 bridgehead atoms. The van der Waals surface area contributed by atoms with Gasteiger partial charge in [0.25, 0.3) is 0 Å². The second-order valence-corrected chi connectivity index (χ2v) is 5.53. The summed E-state index contributed by atoms with van der Waals surface area (Å²) in [7, 11) is 0. The second-order valence-electron chi connectivity index (χ2n) is 4.37. The molecule has 2 N–H and O–H groups in total. The molecule has 0 fully saturated rings. The number of hydrogen-bond donors (Lipinski definition) is 2. The number of anilines is 1. The molecule has 106 valence electrons. The van der Waals surface area contributed by atoms with Gasteiger partial charge in [-0.25, -0.2) is 4.79 Å². The van der Waals surface area contributed by atoms with E-state index in [1.165, 1.54) is 10.5 Å². The summed E-state index contributed by atoms with van der Waals surface area (Å²) in [6.45, 7) is 4.42. The molecule has 0 radical (unpaired) electrons. The van der Waals surface area contributed by atoms with Gasteiger partial charge < -0.3 is 9.84 Å². The topological polar surface area (TPSA) is 67.2 Å². The van der Waals surface area contributed by atoms with E-state index in [1.54, 1.807) is 24.8 Å². The number of nitrogens with one attached hydrogen (secondary N) is 2. The van der Waals surface area contributed by atoms with E-state index in [9.17, 15) is 4.79 Å². The molecule has 6 heteroatoms. The number of carbonyl (C=O) groups is 1. The summed E-state index contributed by atoms with van der Waals surface area (Å²) in [5.74, 6) is 1.90. The van der Waals surface area contributed by atoms with Crippen molar-refractivity contribution in [1.82, 2.24) is 10.5 Å². The summed E-state index contributed by atoms with van der Waals surface area (Å²) in [5, 5.41) is 9.06. The molecule has 20 heavy (non-hydrogen) atoms. The van der Waals surface area contributed by atoms with Crippen LogP contribution in [0.2, 0.25) is 0 Å². The highest BCUT2D eigenvalue weighted by Gasteiger charge is 2.04. The number of aromatic nitrogens is 1. The Hall–Kier alpha value is -1.95. The fourth-order valence-electron chi connectivity index (χ4n) is 1.55. The third-order valence-electron chi connectivity index (χ3n) is 2.55. The SMILES string of the molecule is Cc1ccc(SCCNC(=O)Nc2cc(C)on2)cc1. The van der Waals surface area contributed by atoms with Crippen LogP contribution in [0, 0.1) is 13.8 Å². The largest absolute Gasteiger partial charge is 0.360 e. The van der Waals surface area contributed by atoms with E-state index in [1.807, 2.05) is 0 Å². The lowest BCUT2D eigenvalue weighted by Crippen LogP contribution is -2.30. The molecule has 1 aromatic heterocycles. The summed E-state index contributed by atoms with van der Waals surface area (Å²) in [6.07, 6.45) is 0. The van der Waals surface area contributed by atoms with Crippen LogP contribution in [-0.2, 0) is 0 Å². The second kappa shape index (κ2) is 7.00. The average Bonchev–Trinajstić information content (AvgIpc) is 2.82. The first kappa shape index (κ1) is 14.5. The van der Waals surface area contributed by atoms with E-state index in [-0.39, 0.29) is 6.03 Å². The van der Waals surface area contributed by atoms with Crippen LogP contribution in [0.4, 0.5) is 10.6 Å². The first-order chi connectivity index (χ1) is 9.63. The van der Waals surface area contributed by atoms with Crippen molar-refractivity contribution in [2.75, 3.05) is 17.6 Å². The smallest absolute Gasteiger partial charge is 0.320 e. The van der Waals surface area contributed by atoms with Gasteiger partial charge in [0, 0.05) is 23.3 Å². The molecule has 2 rings (SSSR count). The number of rotatable bonds is 5. The van der Waals surface area contributed by atoms with Gasteiger partial charge in [-0.15, -0.1) is 11.8 Å². The molecule has 0 aliphatic rings. The molecule has 0 saturated heterocycles. The molecular formula is C14H17N3O2S. The Labute approximate surface area is 122 Å². The van der Waals surface area contributed by atoms with Gasteiger partial charge in [-0.05, 0) is 26.0 Å². The van der Waals surface area contributed by atoms with Crippen molar-refractivity contribution in [3.05, 3.63) is 41.7 Å². The first-order valence-electron chi connectivity index (χ1n) is 6.31. The van der Waals surface area contributed by atoms with Gasteiger partial charge in [0.05, 0.1) is 0 Å². The Bertz CT molecular complexity index is 566. The van der Waals surface area contributed by atoms with E-state index >= 15 is 0 Å². The predicted octanol–water partition coefficient (Wildman–Crippen LogP) is 3.21. The monoisotopic (exact) mass is 291 g/mol. The van der Waals surface area contributed by atoms with Crippen LogP contribution in [0.5, 0.6) is 0 Å². The van der Waals surface area contributed by atoms with Gasteiger partial charge in [0.2, 0.25) is 0 Å². The average molecular weight is 291 g/mol. The lowest BCUT2D eigenvalue weighted by atomic mass is 10.2. The summed E-state index contributed by atoms with van der Waals surface area (Å²) >= 11 is 1.70. The summed E-state index contributed by atoms with van der Waals surface area (Å²) < 4.78 is 4.86. The quantitative estimate of drug-likeness (QED) is 0.655. The number of urea groups is 1. The van der Waals surface area contributed by atoms with Gasteiger partial charge in [0.1, 0.15) is 5.76 Å². The van der Waals surface area contributed by atoms with Crippen molar-refractivity contribution in [3.63, 3.8) is 0 Å². The number of carbonyl (C=O) groups excluding carboxylic acids is 1. The molecule has 5 nitrogen and oxygen atoms in total. The number of amides is 2. The highest BCUT2D eigenvalue weighted by atomic mass is 32.2. The van der Waals surface area contributed by atoms with Crippen molar-refractivity contribution in [3.8, 4) is 0 Å². The van der Waals surface area contributed by atoms with Crippen LogP contribution in [-0.4, -0.2) is 23.5 Å². The molecule has 0 atom stereocenters. The van der Waals surface area contributed by atoms with Crippen LogP contribution in [0.25, 0.3) is 0 Å². The fraction of sp³-hybridized carbons (Fsp3) is 0.286. The lowest BCUT2D eigenvalue weighted by Gasteiger charge is -2.05. The Kier molecular flexibility index (Phi) is 5.06. The predicted molar refractivity (Wildman–Crippen MR) is 80.2 cm³/mol. The first-order valence-corrected chi connectivity index (χ1v) is 7.30. The molecule has 0 spiro atoms. The van der Waals surface area contributed by atoms with E-state index in [4.69, 9.17) is 4.52 Å². The molecule has 2 aromatic rings. The Morgan fingerprint density at radius 2 is 2.05 bits per heavy atom. The molecule has 1 heterocycles. The van der Waals surface area contributed by atoms with E-state index in [2.05, 4.69) is 47.0 Å². The fourth-order valence-corrected chi connectivity index (χ4v) is 2.32. The van der Waals surface area contributed by atoms with Gasteiger partial charge in [-0.2, -0.15) is 0 Å². The van der Waals surface area contributed by atoms with Crippen molar-refractivity contribution < 1.29 is 9.32 Å². The highest BCUT2D eigenvalue weighted by Crippen LogP contribution is 2.17. The van der Waals surface area contributed by atoms with Crippen LogP contribution < -0.4 is 10.6 Å². The minimum Gasteiger partial charge on any atom is -0.360 e. The molecule has 1 aromatic carbocycles. The zero-order valence-electron chi connectivity index (χ0n) is 11.5. The minimum atomic E-state index is -0.275. The van der Waals surface area contributed by atoms with E-state index in [0.29, 0.717) is 18.1 Å². The van der Waals surface area contributed by atoms with Crippen molar-refractivity contribution in [1.29, 1.82) is 0 Å². The lowest BCUT2D eigenvalue weighted by molar-refractivity contribution is 0.252. The van der Waals surface area contributed by atoms with Crippen LogP contribution in [0.15, 0.2) is 39.8 Å². The van der Waals surface area contributed by atoms with Crippen LogP contribution in [0.3, 0.4) is 0 Å². The van der Waals surface area contributed by atoms with E-state index in [0.717, 1.165) is 5.75 Å². The zero-order chi connectivity index (χ0) is 14.4. The van der Waals surface area contributed by atoms with Gasteiger partial charge >= 0.3 is 6.03 Å². The zero-order valence-corrected chi connectivity index (χ0v) is 12.3. The molecule has 0 aliphatic heterocycles. The Morgan fingerprint density at radius 3 is 2.70 bits per heavy atom. The number of benzene rings is 1. The van der Waals surface area contributed by atoms with Gasteiger partial charge in [0.15, 0.2) is 5.82 Å². The van der Waals surface area contributed by atoms with Crippen LogP contribution in [0.1, 0.15) is 11.3 Å². The Balaban J connectivity index is 1.65. The van der Waals surface area contributed by atoms with Crippen molar-refractivity contribution in [2.45, 2.75) is 18.7 Å². The molecular weight excluding hydrogens is 274 g/mol. The molecule has 0 aliphatic carbocycles. The number of aryl methyl sites for hydroxylation is 2. The Morgan fingerprint density at radius 1 is 1.30 bits per heavy atom. The third kappa shape index (κ3) is 4.62. The maximum absolute atomic E-state index is 11.6. The maximum Gasteiger partial charge on any atom is 0.320 e. The third-order valence-corrected chi connectivity index (χ3v) is 3.56. The highest BCUT2D eigenvalue weighted by molar-refractivity contribution is 7.99. The minimum absolute atomic E-state index is 0.275. The number of thioether (sulfide) groups is 1. The molecule has 0 saturated carbocycles. The normalized spacial score (nSPS) is 10.3. The van der Waals surface area contributed by atoms with Crippen molar-refractivity contribution >= 4 is 23.6 Å².